The van der Waals surface area contributed by atoms with Gasteiger partial charge in [-0.2, -0.15) is 0 Å². The monoisotopic (exact) mass is 291 g/mol. The molecule has 3 rings (SSSR count). The van der Waals surface area contributed by atoms with E-state index in [1.807, 2.05) is 31.3 Å². The maximum atomic E-state index is 14.2. The fraction of sp³-hybridized carbons (Fsp3) is 0.250. The molecule has 2 aromatic rings. The minimum absolute atomic E-state index is 0.0897. The van der Waals surface area contributed by atoms with Gasteiger partial charge in [-0.3, -0.25) is 0 Å². The van der Waals surface area contributed by atoms with Crippen LogP contribution in [0.4, 0.5) is 4.39 Å². The second kappa shape index (κ2) is 5.43. The van der Waals surface area contributed by atoms with Gasteiger partial charge >= 0.3 is 0 Å². The van der Waals surface area contributed by atoms with Gasteiger partial charge in [-0.25, -0.2) is 4.39 Å². The lowest BCUT2D eigenvalue weighted by molar-refractivity contribution is 0.302. The zero-order valence-corrected chi connectivity index (χ0v) is 11.8. The molecule has 1 aliphatic rings. The number of benzene rings is 2. The van der Waals surface area contributed by atoms with Crippen molar-refractivity contribution in [3.63, 3.8) is 0 Å². The molecule has 0 saturated heterocycles. The Kier molecular flexibility index (Phi) is 3.64. The van der Waals surface area contributed by atoms with Crippen LogP contribution in [0.3, 0.4) is 0 Å². The van der Waals surface area contributed by atoms with Crippen LogP contribution in [-0.2, 0) is 0 Å². The first-order valence-corrected chi connectivity index (χ1v) is 6.92. The first kappa shape index (κ1) is 13.4. The third kappa shape index (κ3) is 2.28. The SMILES string of the molecule is CNC(c1ccc(Cl)cc1F)C1COc2ccccc21. The molecular weight excluding hydrogens is 277 g/mol. The lowest BCUT2D eigenvalue weighted by atomic mass is 9.88. The first-order valence-electron chi connectivity index (χ1n) is 6.54. The molecule has 0 fully saturated rings. The molecule has 1 heterocycles. The molecule has 2 aromatic carbocycles. The third-order valence-corrected chi connectivity index (χ3v) is 3.98. The number of nitrogens with one attached hydrogen (secondary N) is 1. The Morgan fingerprint density at radius 1 is 1.30 bits per heavy atom. The number of rotatable bonds is 3. The number of likely N-dealkylation sites (N-methyl/N-ethyl adjacent to an activating group) is 1. The van der Waals surface area contributed by atoms with Gasteiger partial charge < -0.3 is 10.1 Å². The summed E-state index contributed by atoms with van der Waals surface area (Å²) in [6.07, 6.45) is 0. The Balaban J connectivity index is 1.99. The average Bonchev–Trinajstić information content (AvgIpc) is 2.86. The minimum atomic E-state index is -0.291. The normalized spacial score (nSPS) is 18.4. The van der Waals surface area contributed by atoms with Crippen molar-refractivity contribution in [1.29, 1.82) is 0 Å². The molecule has 1 N–H and O–H groups in total. The molecular formula is C16H15ClFNO. The van der Waals surface area contributed by atoms with Crippen molar-refractivity contribution in [2.75, 3.05) is 13.7 Å². The van der Waals surface area contributed by atoms with Gasteiger partial charge in [0.05, 0.1) is 6.61 Å². The summed E-state index contributed by atoms with van der Waals surface area (Å²) >= 11 is 5.82. The highest BCUT2D eigenvalue weighted by molar-refractivity contribution is 6.30. The van der Waals surface area contributed by atoms with Gasteiger partial charge in [0, 0.05) is 28.1 Å². The molecule has 0 aliphatic carbocycles. The van der Waals surface area contributed by atoms with Gasteiger partial charge in [0.25, 0.3) is 0 Å². The van der Waals surface area contributed by atoms with E-state index in [-0.39, 0.29) is 17.8 Å². The number of hydrogen-bond donors (Lipinski definition) is 1. The summed E-state index contributed by atoms with van der Waals surface area (Å²) in [6, 6.07) is 12.6. The summed E-state index contributed by atoms with van der Waals surface area (Å²) in [5.41, 5.74) is 1.73. The maximum Gasteiger partial charge on any atom is 0.129 e. The van der Waals surface area contributed by atoms with Gasteiger partial charge in [0.2, 0.25) is 0 Å². The molecule has 0 bridgehead atoms. The van der Waals surface area contributed by atoms with Crippen LogP contribution < -0.4 is 10.1 Å². The van der Waals surface area contributed by atoms with E-state index in [2.05, 4.69) is 5.32 Å². The summed E-state index contributed by atoms with van der Waals surface area (Å²) in [7, 11) is 1.83. The van der Waals surface area contributed by atoms with Gasteiger partial charge in [-0.15, -0.1) is 0 Å². The van der Waals surface area contributed by atoms with Crippen molar-refractivity contribution >= 4 is 11.6 Å². The Labute approximate surface area is 122 Å². The van der Waals surface area contributed by atoms with Crippen LogP contribution in [0.15, 0.2) is 42.5 Å². The van der Waals surface area contributed by atoms with Crippen LogP contribution in [0.1, 0.15) is 23.1 Å². The van der Waals surface area contributed by atoms with Crippen LogP contribution in [0.2, 0.25) is 5.02 Å². The van der Waals surface area contributed by atoms with Crippen molar-refractivity contribution < 1.29 is 9.13 Å². The number of fused-ring (bicyclic) bond motifs is 1. The zero-order chi connectivity index (χ0) is 14.1. The largest absolute Gasteiger partial charge is 0.493 e. The molecule has 0 spiro atoms. The Morgan fingerprint density at radius 2 is 2.10 bits per heavy atom. The third-order valence-electron chi connectivity index (χ3n) is 3.75. The van der Waals surface area contributed by atoms with E-state index in [0.29, 0.717) is 17.2 Å². The van der Waals surface area contributed by atoms with Crippen molar-refractivity contribution in [3.8, 4) is 5.75 Å². The molecule has 1 aliphatic heterocycles. The summed E-state index contributed by atoms with van der Waals surface area (Å²) in [6.45, 7) is 0.549. The standard InChI is InChI=1S/C16H15ClFNO/c1-19-16(12-7-6-10(17)8-14(12)18)13-9-20-15-5-3-2-4-11(13)15/h2-8,13,16,19H,9H2,1H3. The highest BCUT2D eigenvalue weighted by Crippen LogP contribution is 2.41. The smallest absolute Gasteiger partial charge is 0.129 e. The molecule has 0 radical (unpaired) electrons. The van der Waals surface area contributed by atoms with Crippen molar-refractivity contribution in [2.24, 2.45) is 0 Å². The van der Waals surface area contributed by atoms with Crippen LogP contribution >= 0.6 is 11.6 Å². The second-order valence-electron chi connectivity index (χ2n) is 4.89. The Morgan fingerprint density at radius 3 is 2.85 bits per heavy atom. The van der Waals surface area contributed by atoms with Crippen molar-refractivity contribution in [1.82, 2.24) is 5.32 Å². The highest BCUT2D eigenvalue weighted by atomic mass is 35.5. The summed E-state index contributed by atoms with van der Waals surface area (Å²) in [4.78, 5) is 0. The molecule has 0 amide bonds. The van der Waals surface area contributed by atoms with Crippen LogP contribution in [0, 0.1) is 5.82 Å². The van der Waals surface area contributed by atoms with E-state index < -0.39 is 0 Å². The van der Waals surface area contributed by atoms with Gasteiger partial charge in [-0.1, -0.05) is 35.9 Å². The van der Waals surface area contributed by atoms with E-state index in [0.717, 1.165) is 11.3 Å². The average molecular weight is 292 g/mol. The quantitative estimate of drug-likeness (QED) is 0.925. The van der Waals surface area contributed by atoms with E-state index in [1.165, 1.54) is 6.07 Å². The Bertz CT molecular complexity index is 632. The molecule has 2 nitrogen and oxygen atoms in total. The number of para-hydroxylation sites is 1. The lowest BCUT2D eigenvalue weighted by Gasteiger charge is -2.23. The van der Waals surface area contributed by atoms with Gasteiger partial charge in [-0.05, 0) is 25.2 Å². The van der Waals surface area contributed by atoms with Crippen molar-refractivity contribution in [3.05, 3.63) is 64.4 Å². The number of halogens is 2. The molecule has 20 heavy (non-hydrogen) atoms. The van der Waals surface area contributed by atoms with E-state index >= 15 is 0 Å². The molecule has 4 heteroatoms. The van der Waals surface area contributed by atoms with E-state index in [4.69, 9.17) is 16.3 Å². The maximum absolute atomic E-state index is 14.2. The predicted octanol–water partition coefficient (Wildman–Crippen LogP) is 3.92. The second-order valence-corrected chi connectivity index (χ2v) is 5.32. The fourth-order valence-corrected chi connectivity index (χ4v) is 2.95. The lowest BCUT2D eigenvalue weighted by Crippen LogP contribution is -2.25. The van der Waals surface area contributed by atoms with Gasteiger partial charge in [0.1, 0.15) is 11.6 Å². The van der Waals surface area contributed by atoms with Gasteiger partial charge in [0.15, 0.2) is 0 Å². The molecule has 104 valence electrons. The zero-order valence-electron chi connectivity index (χ0n) is 11.1. The number of ether oxygens (including phenoxy) is 1. The van der Waals surface area contributed by atoms with Crippen LogP contribution in [0.5, 0.6) is 5.75 Å². The molecule has 0 saturated carbocycles. The summed E-state index contributed by atoms with van der Waals surface area (Å²) in [5.74, 6) is 0.681. The van der Waals surface area contributed by atoms with Crippen LogP contribution in [0.25, 0.3) is 0 Å². The van der Waals surface area contributed by atoms with E-state index in [1.54, 1.807) is 12.1 Å². The number of hydrogen-bond acceptors (Lipinski definition) is 2. The van der Waals surface area contributed by atoms with E-state index in [9.17, 15) is 4.39 Å². The first-order chi connectivity index (χ1) is 9.70. The van der Waals surface area contributed by atoms with Crippen molar-refractivity contribution in [2.45, 2.75) is 12.0 Å². The fourth-order valence-electron chi connectivity index (χ4n) is 2.79. The highest BCUT2D eigenvalue weighted by Gasteiger charge is 2.32. The molecule has 2 atom stereocenters. The molecule has 0 aromatic heterocycles. The minimum Gasteiger partial charge on any atom is -0.493 e. The predicted molar refractivity (Wildman–Crippen MR) is 77.9 cm³/mol. The summed E-state index contributed by atoms with van der Waals surface area (Å²) in [5, 5.41) is 3.61. The Hall–Kier alpha value is -1.58. The topological polar surface area (TPSA) is 21.3 Å². The molecule has 2 unspecified atom stereocenters. The summed E-state index contributed by atoms with van der Waals surface area (Å²) < 4.78 is 19.8. The van der Waals surface area contributed by atoms with Crippen LogP contribution in [-0.4, -0.2) is 13.7 Å².